The lowest BCUT2D eigenvalue weighted by Gasteiger charge is -2.20. The molecule has 4 aromatic rings. The van der Waals surface area contributed by atoms with Crippen LogP contribution in [0.1, 0.15) is 31.0 Å². The monoisotopic (exact) mass is 305 g/mol. The quantitative estimate of drug-likeness (QED) is 0.557. The molecule has 1 aliphatic carbocycles. The predicted octanol–water partition coefficient (Wildman–Crippen LogP) is 3.41. The maximum absolute atomic E-state index is 6.17. The molecule has 0 atom stereocenters. The van der Waals surface area contributed by atoms with Crippen LogP contribution in [0.25, 0.3) is 27.9 Å². The maximum atomic E-state index is 6.17. The van der Waals surface area contributed by atoms with Crippen molar-refractivity contribution < 1.29 is 8.82 Å². The van der Waals surface area contributed by atoms with Crippen LogP contribution in [0.5, 0.6) is 0 Å². The zero-order chi connectivity index (χ0) is 15.4. The Morgan fingerprint density at radius 3 is 2.91 bits per heavy atom. The molecule has 5 heteroatoms. The van der Waals surface area contributed by atoms with Crippen molar-refractivity contribution in [2.75, 3.05) is 5.73 Å². The molecule has 3 heterocycles. The van der Waals surface area contributed by atoms with Crippen molar-refractivity contribution >= 4 is 22.3 Å². The fourth-order valence-corrected chi connectivity index (χ4v) is 3.40. The predicted molar refractivity (Wildman–Crippen MR) is 88.0 cm³/mol. The van der Waals surface area contributed by atoms with Crippen molar-refractivity contribution in [3.8, 4) is 11.5 Å². The number of aromatic nitrogens is 3. The molecule has 3 N–H and O–H groups in total. The number of rotatable bonds is 2. The molecular weight excluding hydrogens is 288 g/mol. The number of furan rings is 1. The number of imidazole rings is 1. The van der Waals surface area contributed by atoms with Gasteiger partial charge in [0.2, 0.25) is 11.2 Å². The summed E-state index contributed by atoms with van der Waals surface area (Å²) >= 11 is 0. The van der Waals surface area contributed by atoms with E-state index in [9.17, 15) is 0 Å². The highest BCUT2D eigenvalue weighted by atomic mass is 16.3. The summed E-state index contributed by atoms with van der Waals surface area (Å²) in [5.41, 5.74) is 8.85. The Balaban J connectivity index is 1.80. The van der Waals surface area contributed by atoms with Gasteiger partial charge in [0, 0.05) is 5.39 Å². The molecule has 1 saturated carbocycles. The van der Waals surface area contributed by atoms with Gasteiger partial charge in [-0.2, -0.15) is 4.40 Å². The average Bonchev–Trinajstić information content (AvgIpc) is 3.08. The fraction of sp³-hybridized carbons (Fsp3) is 0.222. The molecule has 0 amide bonds. The molecular formula is C18H17N4O+. The van der Waals surface area contributed by atoms with E-state index in [1.165, 1.54) is 25.1 Å². The Bertz CT molecular complexity index is 993. The summed E-state index contributed by atoms with van der Waals surface area (Å²) in [6.45, 7) is 0. The van der Waals surface area contributed by atoms with Gasteiger partial charge in [-0.05, 0) is 25.0 Å². The van der Waals surface area contributed by atoms with E-state index in [0.29, 0.717) is 11.7 Å². The summed E-state index contributed by atoms with van der Waals surface area (Å²) in [6, 6.07) is 10.1. The van der Waals surface area contributed by atoms with E-state index in [2.05, 4.69) is 26.5 Å². The summed E-state index contributed by atoms with van der Waals surface area (Å²) in [6.07, 6.45) is 7.43. The van der Waals surface area contributed by atoms with Crippen molar-refractivity contribution in [3.05, 3.63) is 48.5 Å². The molecule has 5 nitrogen and oxygen atoms in total. The third-order valence-corrected chi connectivity index (χ3v) is 4.83. The molecule has 1 fully saturated rings. The van der Waals surface area contributed by atoms with E-state index < -0.39 is 0 Å². The molecule has 0 aliphatic heterocycles. The number of aromatic amines is 1. The molecule has 114 valence electrons. The Morgan fingerprint density at radius 1 is 1.26 bits per heavy atom. The largest absolute Gasteiger partial charge is 0.452 e. The van der Waals surface area contributed by atoms with Gasteiger partial charge < -0.3 is 10.2 Å². The minimum absolute atomic E-state index is 0.518. The van der Waals surface area contributed by atoms with Gasteiger partial charge in [-0.15, -0.1) is 0 Å². The maximum Gasteiger partial charge on any atom is 0.263 e. The number of para-hydroxylation sites is 1. The normalized spacial score (nSPS) is 15.3. The number of nitrogen functional groups attached to an aromatic ring is 1. The minimum atomic E-state index is 0.518. The number of anilines is 1. The standard InChI is InChI=1S/C18H16N4O/c19-17-16-15(14-10-12-4-1-2-7-13(12)23-14)21-18(11-5-3-6-11)22(16)9-8-20-17/h1-2,4,7-11H,3,5-6H2,(H2,19,20)/p+1. The van der Waals surface area contributed by atoms with Crippen LogP contribution in [0.4, 0.5) is 5.82 Å². The third-order valence-electron chi connectivity index (χ3n) is 4.83. The van der Waals surface area contributed by atoms with E-state index in [-0.39, 0.29) is 0 Å². The molecule has 0 spiro atoms. The Morgan fingerprint density at radius 2 is 2.13 bits per heavy atom. The van der Waals surface area contributed by atoms with Gasteiger partial charge in [-0.25, -0.2) is 9.97 Å². The van der Waals surface area contributed by atoms with Gasteiger partial charge in [-0.1, -0.05) is 24.6 Å². The Hall–Kier alpha value is -2.82. The van der Waals surface area contributed by atoms with Crippen molar-refractivity contribution in [1.82, 2.24) is 9.97 Å². The smallest absolute Gasteiger partial charge is 0.263 e. The molecule has 0 unspecified atom stereocenters. The molecule has 0 saturated heterocycles. The molecule has 3 aromatic heterocycles. The first-order valence-corrected chi connectivity index (χ1v) is 7.98. The van der Waals surface area contributed by atoms with Crippen molar-refractivity contribution in [1.29, 1.82) is 0 Å². The number of hydrogen-bond donors (Lipinski definition) is 2. The van der Waals surface area contributed by atoms with Gasteiger partial charge in [0.1, 0.15) is 11.8 Å². The summed E-state index contributed by atoms with van der Waals surface area (Å²) in [4.78, 5) is 7.82. The highest BCUT2D eigenvalue weighted by Gasteiger charge is 2.33. The number of benzene rings is 1. The fourth-order valence-electron chi connectivity index (χ4n) is 3.40. The van der Waals surface area contributed by atoms with Crippen molar-refractivity contribution in [2.24, 2.45) is 0 Å². The van der Waals surface area contributed by atoms with E-state index in [1.807, 2.05) is 24.4 Å². The molecule has 0 bridgehead atoms. The number of nitrogens with zero attached hydrogens (tertiary/aromatic N) is 2. The van der Waals surface area contributed by atoms with Crippen molar-refractivity contribution in [2.45, 2.75) is 25.2 Å². The second-order valence-corrected chi connectivity index (χ2v) is 6.19. The van der Waals surface area contributed by atoms with Gasteiger partial charge in [-0.3, -0.25) is 0 Å². The second-order valence-electron chi connectivity index (χ2n) is 6.19. The highest BCUT2D eigenvalue weighted by Crippen LogP contribution is 2.37. The number of hydrogen-bond acceptors (Lipinski definition) is 3. The van der Waals surface area contributed by atoms with E-state index in [0.717, 1.165) is 27.9 Å². The van der Waals surface area contributed by atoms with E-state index in [4.69, 9.17) is 10.2 Å². The van der Waals surface area contributed by atoms with E-state index >= 15 is 0 Å². The SMILES string of the molecule is Nc1ncc[n+]2c(C3CCC3)[nH]c(-c3cc4ccccc4o3)c12. The van der Waals surface area contributed by atoms with Gasteiger partial charge >= 0.3 is 0 Å². The lowest BCUT2D eigenvalue weighted by atomic mass is 9.85. The van der Waals surface area contributed by atoms with Crippen LogP contribution in [-0.4, -0.2) is 9.97 Å². The van der Waals surface area contributed by atoms with Crippen molar-refractivity contribution in [3.63, 3.8) is 0 Å². The number of nitrogens with two attached hydrogens (primary N) is 1. The first kappa shape index (κ1) is 12.7. The van der Waals surface area contributed by atoms with Crippen LogP contribution >= 0.6 is 0 Å². The van der Waals surface area contributed by atoms with Crippen LogP contribution in [0, 0.1) is 0 Å². The molecule has 23 heavy (non-hydrogen) atoms. The van der Waals surface area contributed by atoms with Crippen LogP contribution in [0.3, 0.4) is 0 Å². The summed E-state index contributed by atoms with van der Waals surface area (Å²) in [7, 11) is 0. The van der Waals surface area contributed by atoms with Crippen LogP contribution in [0.2, 0.25) is 0 Å². The topological polar surface area (TPSA) is 71.9 Å². The lowest BCUT2D eigenvalue weighted by Crippen LogP contribution is -2.30. The highest BCUT2D eigenvalue weighted by molar-refractivity contribution is 5.87. The lowest BCUT2D eigenvalue weighted by molar-refractivity contribution is -0.524. The molecule has 1 aliphatic rings. The molecule has 0 radical (unpaired) electrons. The van der Waals surface area contributed by atoms with Crippen LogP contribution in [0.15, 0.2) is 47.1 Å². The van der Waals surface area contributed by atoms with Crippen LogP contribution < -0.4 is 10.1 Å². The zero-order valence-electron chi connectivity index (χ0n) is 12.6. The van der Waals surface area contributed by atoms with Gasteiger partial charge in [0.25, 0.3) is 5.82 Å². The van der Waals surface area contributed by atoms with E-state index in [1.54, 1.807) is 6.20 Å². The average molecular weight is 305 g/mol. The van der Waals surface area contributed by atoms with Crippen LogP contribution in [-0.2, 0) is 0 Å². The Kier molecular flexibility index (Phi) is 2.53. The summed E-state index contributed by atoms with van der Waals surface area (Å²) in [5.74, 6) is 3.07. The van der Waals surface area contributed by atoms with Gasteiger partial charge in [0.15, 0.2) is 11.6 Å². The minimum Gasteiger partial charge on any atom is -0.452 e. The summed E-state index contributed by atoms with van der Waals surface area (Å²) < 4.78 is 8.17. The number of fused-ring (bicyclic) bond motifs is 2. The number of H-pyrrole nitrogens is 1. The first-order chi connectivity index (χ1) is 11.3. The zero-order valence-corrected chi connectivity index (χ0v) is 12.6. The number of nitrogens with one attached hydrogen (secondary N) is 1. The summed E-state index contributed by atoms with van der Waals surface area (Å²) in [5, 5.41) is 1.09. The molecule has 5 rings (SSSR count). The van der Waals surface area contributed by atoms with Gasteiger partial charge in [0.05, 0.1) is 12.1 Å². The second kappa shape index (κ2) is 4.59. The Labute approximate surface area is 132 Å². The third kappa shape index (κ3) is 1.79. The first-order valence-electron chi connectivity index (χ1n) is 7.98. The molecule has 1 aromatic carbocycles.